The summed E-state index contributed by atoms with van der Waals surface area (Å²) >= 11 is 0. The lowest BCUT2D eigenvalue weighted by atomic mass is 10.1. The fourth-order valence-corrected chi connectivity index (χ4v) is 1.18. The van der Waals surface area contributed by atoms with Crippen LogP contribution in [0.4, 0.5) is 4.39 Å². The quantitative estimate of drug-likeness (QED) is 0.711. The van der Waals surface area contributed by atoms with Gasteiger partial charge in [0.15, 0.2) is 11.5 Å². The molecule has 84 valence electrons. The predicted octanol–water partition coefficient (Wildman–Crippen LogP) is 1.20. The van der Waals surface area contributed by atoms with Crippen molar-refractivity contribution in [2.45, 2.75) is 26.4 Å². The van der Waals surface area contributed by atoms with Crippen LogP contribution in [0, 0.1) is 0 Å². The van der Waals surface area contributed by atoms with Gasteiger partial charge in [0.2, 0.25) is 0 Å². The van der Waals surface area contributed by atoms with Crippen LogP contribution < -0.4 is 0 Å². The molecule has 0 bridgehead atoms. The molecule has 0 radical (unpaired) electrons. The second kappa shape index (κ2) is 3.96. The van der Waals surface area contributed by atoms with Crippen molar-refractivity contribution in [3.63, 3.8) is 0 Å². The minimum absolute atomic E-state index is 0.102. The Kier molecular flexibility index (Phi) is 3.06. The van der Waals surface area contributed by atoms with Crippen LogP contribution in [0.3, 0.4) is 0 Å². The standard InChI is InChI=1S/C9H14FN3O2/c1-5-15-7(14)6-11-8(9(2,3)10)13(4)12-6/h5H2,1-4H3. The molecular formula is C9H14FN3O2. The zero-order valence-corrected chi connectivity index (χ0v) is 9.24. The van der Waals surface area contributed by atoms with Crippen LogP contribution in [0.1, 0.15) is 37.2 Å². The number of hydrogen-bond donors (Lipinski definition) is 0. The number of nitrogens with zero attached hydrogens (tertiary/aromatic N) is 3. The van der Waals surface area contributed by atoms with Crippen LogP contribution in [0.2, 0.25) is 0 Å². The summed E-state index contributed by atoms with van der Waals surface area (Å²) < 4.78 is 19.5. The third kappa shape index (κ3) is 2.51. The van der Waals surface area contributed by atoms with Crippen molar-refractivity contribution in [1.82, 2.24) is 14.8 Å². The van der Waals surface area contributed by atoms with Gasteiger partial charge in [-0.25, -0.2) is 18.9 Å². The first kappa shape index (κ1) is 11.6. The fraction of sp³-hybridized carbons (Fsp3) is 0.667. The van der Waals surface area contributed by atoms with Crippen molar-refractivity contribution in [2.24, 2.45) is 7.05 Å². The molecule has 15 heavy (non-hydrogen) atoms. The third-order valence-corrected chi connectivity index (χ3v) is 1.75. The first-order valence-electron chi connectivity index (χ1n) is 4.63. The van der Waals surface area contributed by atoms with E-state index in [0.29, 0.717) is 0 Å². The first-order valence-corrected chi connectivity index (χ1v) is 4.63. The molecule has 0 spiro atoms. The van der Waals surface area contributed by atoms with Gasteiger partial charge in [0.25, 0.3) is 5.82 Å². The van der Waals surface area contributed by atoms with E-state index in [1.165, 1.54) is 25.6 Å². The van der Waals surface area contributed by atoms with Crippen LogP contribution in [0.15, 0.2) is 0 Å². The van der Waals surface area contributed by atoms with E-state index >= 15 is 0 Å². The Labute approximate surface area is 87.3 Å². The summed E-state index contributed by atoms with van der Waals surface area (Å²) in [5.74, 6) is -0.644. The number of esters is 1. The summed E-state index contributed by atoms with van der Waals surface area (Å²) in [6, 6.07) is 0. The molecular weight excluding hydrogens is 201 g/mol. The maximum Gasteiger partial charge on any atom is 0.378 e. The lowest BCUT2D eigenvalue weighted by molar-refractivity contribution is 0.0511. The van der Waals surface area contributed by atoms with Crippen LogP contribution in [0.5, 0.6) is 0 Å². The van der Waals surface area contributed by atoms with Crippen molar-refractivity contribution in [2.75, 3.05) is 6.61 Å². The number of hydrogen-bond acceptors (Lipinski definition) is 4. The minimum atomic E-state index is -1.63. The Hall–Kier alpha value is -1.46. The molecule has 5 nitrogen and oxygen atoms in total. The molecule has 1 aromatic heterocycles. The number of carbonyl (C=O) groups excluding carboxylic acids is 1. The molecule has 0 N–H and O–H groups in total. The molecule has 0 saturated carbocycles. The van der Waals surface area contributed by atoms with E-state index in [1.807, 2.05) is 0 Å². The lowest BCUT2D eigenvalue weighted by Crippen LogP contribution is -2.16. The van der Waals surface area contributed by atoms with Gasteiger partial charge in [-0.1, -0.05) is 0 Å². The maximum atomic E-state index is 13.6. The Balaban J connectivity index is 3.01. The van der Waals surface area contributed by atoms with Crippen molar-refractivity contribution < 1.29 is 13.9 Å². The highest BCUT2D eigenvalue weighted by Crippen LogP contribution is 2.21. The molecule has 0 aliphatic rings. The van der Waals surface area contributed by atoms with Gasteiger partial charge < -0.3 is 4.74 Å². The Morgan fingerprint density at radius 3 is 2.60 bits per heavy atom. The van der Waals surface area contributed by atoms with Crippen LogP contribution in [-0.2, 0) is 17.5 Å². The predicted molar refractivity (Wildman–Crippen MR) is 51.1 cm³/mol. The molecule has 1 rings (SSSR count). The van der Waals surface area contributed by atoms with E-state index in [9.17, 15) is 9.18 Å². The molecule has 6 heteroatoms. The zero-order chi connectivity index (χ0) is 11.6. The van der Waals surface area contributed by atoms with E-state index in [2.05, 4.69) is 10.1 Å². The van der Waals surface area contributed by atoms with E-state index in [0.717, 1.165) is 0 Å². The number of carbonyl (C=O) groups is 1. The maximum absolute atomic E-state index is 13.6. The average molecular weight is 215 g/mol. The van der Waals surface area contributed by atoms with E-state index < -0.39 is 11.6 Å². The van der Waals surface area contributed by atoms with Crippen molar-refractivity contribution >= 4 is 5.97 Å². The summed E-state index contributed by atoms with van der Waals surface area (Å²) in [5.41, 5.74) is -1.63. The molecule has 0 saturated heterocycles. The molecule has 1 aromatic rings. The van der Waals surface area contributed by atoms with Crippen LogP contribution in [-0.4, -0.2) is 27.3 Å². The van der Waals surface area contributed by atoms with Crippen LogP contribution >= 0.6 is 0 Å². The van der Waals surface area contributed by atoms with Crippen LogP contribution in [0.25, 0.3) is 0 Å². The second-order valence-electron chi connectivity index (χ2n) is 3.58. The third-order valence-electron chi connectivity index (χ3n) is 1.75. The monoisotopic (exact) mass is 215 g/mol. The van der Waals surface area contributed by atoms with Gasteiger partial charge in [0, 0.05) is 7.05 Å². The first-order chi connectivity index (χ1) is 6.86. The highest BCUT2D eigenvalue weighted by Gasteiger charge is 2.28. The topological polar surface area (TPSA) is 57.0 Å². The van der Waals surface area contributed by atoms with E-state index in [1.54, 1.807) is 6.92 Å². The molecule has 0 unspecified atom stereocenters. The number of aryl methyl sites for hydroxylation is 1. The normalized spacial score (nSPS) is 11.5. The smallest absolute Gasteiger partial charge is 0.378 e. The zero-order valence-electron chi connectivity index (χ0n) is 9.24. The van der Waals surface area contributed by atoms with E-state index in [-0.39, 0.29) is 18.3 Å². The van der Waals surface area contributed by atoms with Gasteiger partial charge >= 0.3 is 5.97 Å². The molecule has 0 fully saturated rings. The van der Waals surface area contributed by atoms with Gasteiger partial charge in [0.1, 0.15) is 0 Å². The SMILES string of the molecule is CCOC(=O)c1nc(C(C)(C)F)n(C)n1. The Morgan fingerprint density at radius 1 is 1.60 bits per heavy atom. The van der Waals surface area contributed by atoms with Gasteiger partial charge in [0.05, 0.1) is 6.61 Å². The highest BCUT2D eigenvalue weighted by atomic mass is 19.1. The number of alkyl halides is 1. The van der Waals surface area contributed by atoms with Gasteiger partial charge in [-0.05, 0) is 20.8 Å². The second-order valence-corrected chi connectivity index (χ2v) is 3.58. The summed E-state index contributed by atoms with van der Waals surface area (Å²) in [5, 5.41) is 3.79. The molecule has 1 heterocycles. The molecule has 0 atom stereocenters. The number of rotatable bonds is 3. The summed E-state index contributed by atoms with van der Waals surface area (Å²) in [6.45, 7) is 4.63. The van der Waals surface area contributed by atoms with Gasteiger partial charge in [-0.3, -0.25) is 0 Å². The fourth-order valence-electron chi connectivity index (χ4n) is 1.18. The van der Waals surface area contributed by atoms with Crippen molar-refractivity contribution in [1.29, 1.82) is 0 Å². The van der Waals surface area contributed by atoms with Gasteiger partial charge in [-0.2, -0.15) is 0 Å². The highest BCUT2D eigenvalue weighted by molar-refractivity contribution is 5.85. The number of ether oxygens (including phenoxy) is 1. The summed E-state index contributed by atoms with van der Waals surface area (Å²) in [4.78, 5) is 15.1. The Bertz CT molecular complexity index is 368. The van der Waals surface area contributed by atoms with Gasteiger partial charge in [-0.15, -0.1) is 5.10 Å². The average Bonchev–Trinajstić information content (AvgIpc) is 2.47. The van der Waals surface area contributed by atoms with Crippen molar-refractivity contribution in [3.05, 3.63) is 11.6 Å². The Morgan fingerprint density at radius 2 is 2.20 bits per heavy atom. The summed E-state index contributed by atoms with van der Waals surface area (Å²) in [6.07, 6.45) is 0. The molecule has 0 aromatic carbocycles. The number of halogens is 1. The minimum Gasteiger partial charge on any atom is -0.460 e. The molecule has 0 aliphatic heterocycles. The largest absolute Gasteiger partial charge is 0.460 e. The molecule has 0 aliphatic carbocycles. The van der Waals surface area contributed by atoms with Crippen molar-refractivity contribution in [3.8, 4) is 0 Å². The molecule has 0 amide bonds. The summed E-state index contributed by atoms with van der Waals surface area (Å²) in [7, 11) is 1.53. The van der Waals surface area contributed by atoms with E-state index in [4.69, 9.17) is 4.74 Å². The lowest BCUT2D eigenvalue weighted by Gasteiger charge is -2.11. The number of aromatic nitrogens is 3.